The molecule has 0 spiro atoms. The van der Waals surface area contributed by atoms with Crippen molar-refractivity contribution in [2.75, 3.05) is 23.1 Å². The Balaban J connectivity index is 1.78. The third kappa shape index (κ3) is 3.62. The van der Waals surface area contributed by atoms with Crippen molar-refractivity contribution in [2.24, 2.45) is 0 Å². The summed E-state index contributed by atoms with van der Waals surface area (Å²) in [7, 11) is -8.01. The summed E-state index contributed by atoms with van der Waals surface area (Å²) in [5.74, 6) is -0.294. The highest BCUT2D eigenvalue weighted by molar-refractivity contribution is 7.93. The van der Waals surface area contributed by atoms with E-state index >= 15 is 0 Å². The summed E-state index contributed by atoms with van der Waals surface area (Å²) in [6.07, 6.45) is 0. The van der Waals surface area contributed by atoms with Crippen molar-refractivity contribution in [1.29, 1.82) is 0 Å². The molecule has 8 nitrogen and oxygen atoms in total. The van der Waals surface area contributed by atoms with E-state index in [1.807, 2.05) is 0 Å². The second kappa shape index (κ2) is 8.04. The Morgan fingerprint density at radius 2 is 1.69 bits per heavy atom. The second-order valence-electron chi connectivity index (χ2n) is 7.13. The van der Waals surface area contributed by atoms with Crippen molar-refractivity contribution in [3.8, 4) is 0 Å². The maximum Gasteiger partial charge on any atom is 0.262 e. The van der Waals surface area contributed by atoms with Crippen LogP contribution in [0.3, 0.4) is 0 Å². The number of hydrogen-bond donors (Lipinski definition) is 2. The Kier molecular flexibility index (Phi) is 5.66. The number of hydrogen-bond acceptors (Lipinski definition) is 5. The molecule has 1 aliphatic rings. The first kappa shape index (κ1) is 22.5. The molecule has 0 bridgehead atoms. The molecule has 0 fully saturated rings. The van der Waals surface area contributed by atoms with Crippen molar-refractivity contribution in [2.45, 2.75) is 23.6 Å². The van der Waals surface area contributed by atoms with Crippen LogP contribution in [-0.4, -0.2) is 40.1 Å². The molecule has 168 valence electrons. The maximum absolute atomic E-state index is 13.2. The number of carbonyl (C=O) groups is 1. The third-order valence-electron chi connectivity index (χ3n) is 5.29. The summed E-state index contributed by atoms with van der Waals surface area (Å²) in [6.45, 7) is 3.91. The van der Waals surface area contributed by atoms with Gasteiger partial charge in [-0.15, -0.1) is 0 Å². The van der Waals surface area contributed by atoms with Crippen LogP contribution in [0.5, 0.6) is 0 Å². The van der Waals surface area contributed by atoms with Crippen LogP contribution < -0.4 is 10.0 Å². The predicted octanol–water partition coefficient (Wildman–Crippen LogP) is 3.89. The summed E-state index contributed by atoms with van der Waals surface area (Å²) >= 11 is 6.14. The van der Waals surface area contributed by atoms with Crippen LogP contribution in [0, 0.1) is 0 Å². The Morgan fingerprint density at radius 1 is 0.969 bits per heavy atom. The number of nitrogens with zero attached hydrogens (tertiary/aromatic N) is 1. The van der Waals surface area contributed by atoms with Gasteiger partial charge in [-0.2, -0.15) is 4.31 Å². The van der Waals surface area contributed by atoms with Gasteiger partial charge in [0.25, 0.3) is 15.9 Å². The van der Waals surface area contributed by atoms with E-state index in [4.69, 9.17) is 11.6 Å². The van der Waals surface area contributed by atoms with Gasteiger partial charge in [-0.3, -0.25) is 9.52 Å². The van der Waals surface area contributed by atoms with Gasteiger partial charge in [0.15, 0.2) is 0 Å². The van der Waals surface area contributed by atoms with Crippen molar-refractivity contribution in [3.05, 3.63) is 59.1 Å². The van der Waals surface area contributed by atoms with Crippen molar-refractivity contribution in [3.63, 3.8) is 0 Å². The number of anilines is 2. The first-order chi connectivity index (χ1) is 15.1. The number of benzene rings is 3. The zero-order valence-electron chi connectivity index (χ0n) is 17.2. The molecule has 0 radical (unpaired) electrons. The fourth-order valence-corrected chi connectivity index (χ4v) is 6.99. The van der Waals surface area contributed by atoms with Crippen molar-refractivity contribution >= 4 is 59.7 Å². The molecule has 1 aliphatic heterocycles. The van der Waals surface area contributed by atoms with Gasteiger partial charge in [-0.25, -0.2) is 16.8 Å². The van der Waals surface area contributed by atoms with E-state index < -0.39 is 20.0 Å². The molecule has 3 aromatic carbocycles. The van der Waals surface area contributed by atoms with Gasteiger partial charge in [-0.1, -0.05) is 37.6 Å². The number of amides is 1. The minimum Gasteiger partial charge on any atom is -0.321 e. The highest BCUT2D eigenvalue weighted by Gasteiger charge is 2.28. The molecule has 0 saturated carbocycles. The summed E-state index contributed by atoms with van der Waals surface area (Å²) in [5.41, 5.74) is 0.991. The standard InChI is InChI=1S/C21H20ClN3O5S2/c1-3-25(4-2)32(29,30)19-12-13(8-9-16(19)22)24-31(27,28)18-11-10-17-20-14(18)6-5-7-15(20)21(26)23-17/h5-12,24H,3-4H2,1-2H3,(H,23,26). The van der Waals surface area contributed by atoms with Gasteiger partial charge < -0.3 is 5.32 Å². The molecule has 0 atom stereocenters. The molecule has 1 heterocycles. The van der Waals surface area contributed by atoms with Crippen molar-refractivity contribution < 1.29 is 21.6 Å². The van der Waals surface area contributed by atoms with Gasteiger partial charge >= 0.3 is 0 Å². The lowest BCUT2D eigenvalue weighted by molar-refractivity contribution is 0.103. The fraction of sp³-hybridized carbons (Fsp3) is 0.190. The van der Waals surface area contributed by atoms with Gasteiger partial charge in [0, 0.05) is 35.1 Å². The number of halogens is 1. The quantitative estimate of drug-likeness (QED) is 0.518. The Bertz CT molecular complexity index is 1470. The van der Waals surface area contributed by atoms with Crippen LogP contribution in [0.1, 0.15) is 24.2 Å². The van der Waals surface area contributed by atoms with Crippen LogP contribution >= 0.6 is 11.6 Å². The predicted molar refractivity (Wildman–Crippen MR) is 124 cm³/mol. The maximum atomic E-state index is 13.2. The van der Waals surface area contributed by atoms with Crippen LogP contribution in [0.25, 0.3) is 10.8 Å². The zero-order chi connectivity index (χ0) is 23.3. The van der Waals surface area contributed by atoms with E-state index in [1.54, 1.807) is 32.0 Å². The average molecular weight is 494 g/mol. The van der Waals surface area contributed by atoms with Crippen LogP contribution in [0.2, 0.25) is 5.02 Å². The summed E-state index contributed by atoms with van der Waals surface area (Å²) in [4.78, 5) is 11.9. The summed E-state index contributed by atoms with van der Waals surface area (Å²) < 4.78 is 56.0. The van der Waals surface area contributed by atoms with E-state index in [2.05, 4.69) is 10.0 Å². The lowest BCUT2D eigenvalue weighted by Crippen LogP contribution is -2.30. The molecular formula is C21H20ClN3O5S2. The first-order valence-electron chi connectivity index (χ1n) is 9.79. The molecule has 1 amide bonds. The van der Waals surface area contributed by atoms with Gasteiger partial charge in [0.05, 0.1) is 15.6 Å². The SMILES string of the molecule is CCN(CC)S(=O)(=O)c1cc(NS(=O)(=O)c2ccc3c4c(cccc24)C(=O)N3)ccc1Cl. The summed E-state index contributed by atoms with van der Waals surface area (Å²) in [5, 5.41) is 3.62. The highest BCUT2D eigenvalue weighted by Crippen LogP contribution is 2.37. The largest absolute Gasteiger partial charge is 0.321 e. The summed E-state index contributed by atoms with van der Waals surface area (Å²) in [6, 6.07) is 11.7. The molecule has 0 unspecified atom stereocenters. The topological polar surface area (TPSA) is 113 Å². The van der Waals surface area contributed by atoms with Gasteiger partial charge in [0.2, 0.25) is 10.0 Å². The van der Waals surface area contributed by atoms with Crippen LogP contribution in [0.15, 0.2) is 58.3 Å². The van der Waals surface area contributed by atoms with Crippen molar-refractivity contribution in [1.82, 2.24) is 4.31 Å². The van der Waals surface area contributed by atoms with Gasteiger partial charge in [-0.05, 0) is 36.4 Å². The molecule has 2 N–H and O–H groups in total. The molecule has 11 heteroatoms. The Morgan fingerprint density at radius 3 is 2.38 bits per heavy atom. The Labute approximate surface area is 191 Å². The number of rotatable bonds is 7. The van der Waals surface area contributed by atoms with E-state index in [9.17, 15) is 21.6 Å². The lowest BCUT2D eigenvalue weighted by Gasteiger charge is -2.20. The van der Waals surface area contributed by atoms with E-state index in [-0.39, 0.29) is 39.5 Å². The first-order valence-corrected chi connectivity index (χ1v) is 13.1. The molecular weight excluding hydrogens is 474 g/mol. The zero-order valence-corrected chi connectivity index (χ0v) is 19.6. The Hall–Kier alpha value is -2.66. The molecule has 4 rings (SSSR count). The molecule has 3 aromatic rings. The monoisotopic (exact) mass is 493 g/mol. The van der Waals surface area contributed by atoms with E-state index in [0.717, 1.165) is 0 Å². The molecule has 0 saturated heterocycles. The molecule has 0 aromatic heterocycles. The van der Waals surface area contributed by atoms with Gasteiger partial charge in [0.1, 0.15) is 4.90 Å². The number of carbonyl (C=O) groups excluding carboxylic acids is 1. The van der Waals surface area contributed by atoms with Crippen LogP contribution in [0.4, 0.5) is 11.4 Å². The lowest BCUT2D eigenvalue weighted by atomic mass is 10.1. The van der Waals surface area contributed by atoms with Crippen LogP contribution in [-0.2, 0) is 20.0 Å². The minimum atomic E-state index is -4.11. The average Bonchev–Trinajstić information content (AvgIpc) is 3.07. The molecule has 0 aliphatic carbocycles. The van der Waals surface area contributed by atoms with E-state index in [1.165, 1.54) is 34.6 Å². The van der Waals surface area contributed by atoms with E-state index in [0.29, 0.717) is 22.0 Å². The smallest absolute Gasteiger partial charge is 0.262 e. The number of sulfonamides is 2. The highest BCUT2D eigenvalue weighted by atomic mass is 35.5. The minimum absolute atomic E-state index is 0.00484. The normalized spacial score (nSPS) is 13.6. The second-order valence-corrected chi connectivity index (χ2v) is 11.1. The number of nitrogens with one attached hydrogen (secondary N) is 2. The molecule has 32 heavy (non-hydrogen) atoms. The fourth-order valence-electron chi connectivity index (χ4n) is 3.77. The third-order valence-corrected chi connectivity index (χ3v) is 9.26.